The zero-order valence-corrected chi connectivity index (χ0v) is 12.4. The van der Waals surface area contributed by atoms with E-state index in [9.17, 15) is 4.39 Å². The fourth-order valence-corrected chi connectivity index (χ4v) is 2.59. The predicted octanol–water partition coefficient (Wildman–Crippen LogP) is 2.72. The maximum Gasteiger partial charge on any atom is 0.146 e. The Hall–Kier alpha value is -1.13. The Kier molecular flexibility index (Phi) is 5.38. The lowest BCUT2D eigenvalue weighted by Crippen LogP contribution is -2.30. The minimum absolute atomic E-state index is 0.104. The number of hydrogen-bond acceptors (Lipinski definition) is 3. The van der Waals surface area contributed by atoms with Crippen LogP contribution in [-0.2, 0) is 11.2 Å². The van der Waals surface area contributed by atoms with Crippen LogP contribution < -0.4 is 10.6 Å². The second-order valence-corrected chi connectivity index (χ2v) is 5.64. The molecule has 3 nitrogen and oxygen atoms in total. The molecule has 20 heavy (non-hydrogen) atoms. The smallest absolute Gasteiger partial charge is 0.146 e. The molecule has 0 aromatic heterocycles. The van der Waals surface area contributed by atoms with E-state index in [0.717, 1.165) is 44.5 Å². The van der Waals surface area contributed by atoms with E-state index in [1.54, 1.807) is 6.07 Å². The van der Waals surface area contributed by atoms with Crippen molar-refractivity contribution in [2.24, 2.45) is 5.73 Å². The minimum atomic E-state index is -0.153. The molecular weight excluding hydrogens is 255 g/mol. The molecule has 1 aromatic rings. The molecule has 2 rings (SSSR count). The van der Waals surface area contributed by atoms with Crippen LogP contribution in [0.15, 0.2) is 18.2 Å². The average molecular weight is 280 g/mol. The van der Waals surface area contributed by atoms with Gasteiger partial charge < -0.3 is 15.4 Å². The molecule has 0 spiro atoms. The number of ether oxygens (including phenoxy) is 1. The SMILES string of the molecule is CCC(N)Cc1ccc(N2CCCOC(C)C2)c(F)c1. The summed E-state index contributed by atoms with van der Waals surface area (Å²) in [4.78, 5) is 2.08. The van der Waals surface area contributed by atoms with Crippen LogP contribution in [0.1, 0.15) is 32.3 Å². The van der Waals surface area contributed by atoms with Crippen LogP contribution in [-0.4, -0.2) is 31.8 Å². The highest BCUT2D eigenvalue weighted by Crippen LogP contribution is 2.23. The zero-order chi connectivity index (χ0) is 14.5. The third kappa shape index (κ3) is 3.93. The van der Waals surface area contributed by atoms with Crippen molar-refractivity contribution >= 4 is 5.69 Å². The number of rotatable bonds is 4. The Morgan fingerprint density at radius 1 is 1.50 bits per heavy atom. The van der Waals surface area contributed by atoms with Crippen LogP contribution >= 0.6 is 0 Å². The Labute approximate surface area is 120 Å². The van der Waals surface area contributed by atoms with E-state index in [-0.39, 0.29) is 18.0 Å². The lowest BCUT2D eigenvalue weighted by Gasteiger charge is -2.25. The van der Waals surface area contributed by atoms with Crippen molar-refractivity contribution in [2.45, 2.75) is 45.3 Å². The highest BCUT2D eigenvalue weighted by atomic mass is 19.1. The van der Waals surface area contributed by atoms with Crippen molar-refractivity contribution in [1.82, 2.24) is 0 Å². The van der Waals surface area contributed by atoms with Gasteiger partial charge in [0.25, 0.3) is 0 Å². The molecule has 2 N–H and O–H groups in total. The molecule has 0 amide bonds. The van der Waals surface area contributed by atoms with E-state index in [1.807, 2.05) is 26.0 Å². The van der Waals surface area contributed by atoms with Crippen molar-refractivity contribution in [3.63, 3.8) is 0 Å². The van der Waals surface area contributed by atoms with Gasteiger partial charge in [-0.05, 0) is 43.9 Å². The molecule has 1 aliphatic heterocycles. The van der Waals surface area contributed by atoms with Gasteiger partial charge in [0, 0.05) is 25.7 Å². The van der Waals surface area contributed by atoms with Crippen molar-refractivity contribution in [2.75, 3.05) is 24.6 Å². The van der Waals surface area contributed by atoms with Crippen LogP contribution in [0, 0.1) is 5.82 Å². The maximum atomic E-state index is 14.3. The molecule has 0 saturated carbocycles. The second kappa shape index (κ2) is 7.04. The van der Waals surface area contributed by atoms with Gasteiger partial charge in [0.2, 0.25) is 0 Å². The molecule has 2 atom stereocenters. The molecule has 2 unspecified atom stereocenters. The number of nitrogens with zero attached hydrogens (tertiary/aromatic N) is 1. The van der Waals surface area contributed by atoms with Crippen LogP contribution in [0.4, 0.5) is 10.1 Å². The molecule has 0 bridgehead atoms. The normalized spacial score (nSPS) is 21.6. The van der Waals surface area contributed by atoms with Gasteiger partial charge in [-0.15, -0.1) is 0 Å². The quantitative estimate of drug-likeness (QED) is 0.921. The molecule has 1 fully saturated rings. The van der Waals surface area contributed by atoms with Gasteiger partial charge in [0.1, 0.15) is 5.82 Å². The van der Waals surface area contributed by atoms with Crippen LogP contribution in [0.25, 0.3) is 0 Å². The van der Waals surface area contributed by atoms with E-state index in [2.05, 4.69) is 4.90 Å². The summed E-state index contributed by atoms with van der Waals surface area (Å²) < 4.78 is 19.9. The Balaban J connectivity index is 2.12. The predicted molar refractivity (Wildman–Crippen MR) is 80.6 cm³/mol. The van der Waals surface area contributed by atoms with Crippen LogP contribution in [0.5, 0.6) is 0 Å². The number of anilines is 1. The summed E-state index contributed by atoms with van der Waals surface area (Å²) in [6.45, 7) is 6.42. The summed E-state index contributed by atoms with van der Waals surface area (Å²) in [6, 6.07) is 5.60. The van der Waals surface area contributed by atoms with Gasteiger partial charge in [0.15, 0.2) is 0 Å². The van der Waals surface area contributed by atoms with Crippen molar-refractivity contribution in [3.05, 3.63) is 29.6 Å². The third-order valence-corrected chi connectivity index (χ3v) is 3.83. The lowest BCUT2D eigenvalue weighted by atomic mass is 10.0. The Morgan fingerprint density at radius 2 is 2.30 bits per heavy atom. The largest absolute Gasteiger partial charge is 0.377 e. The van der Waals surface area contributed by atoms with E-state index in [4.69, 9.17) is 10.5 Å². The summed E-state index contributed by atoms with van der Waals surface area (Å²) in [5, 5.41) is 0. The number of halogens is 1. The van der Waals surface area contributed by atoms with Gasteiger partial charge in [-0.3, -0.25) is 0 Å². The topological polar surface area (TPSA) is 38.5 Å². The summed E-state index contributed by atoms with van der Waals surface area (Å²) in [6.07, 6.45) is 2.72. The molecule has 1 saturated heterocycles. The Bertz CT molecular complexity index is 438. The fraction of sp³-hybridized carbons (Fsp3) is 0.625. The molecule has 112 valence electrons. The lowest BCUT2D eigenvalue weighted by molar-refractivity contribution is 0.0820. The van der Waals surface area contributed by atoms with E-state index >= 15 is 0 Å². The average Bonchev–Trinajstić information content (AvgIpc) is 2.63. The second-order valence-electron chi connectivity index (χ2n) is 5.64. The summed E-state index contributed by atoms with van der Waals surface area (Å²) in [7, 11) is 0. The highest BCUT2D eigenvalue weighted by molar-refractivity contribution is 5.49. The Morgan fingerprint density at radius 3 is 3.00 bits per heavy atom. The van der Waals surface area contributed by atoms with Crippen LogP contribution in [0.2, 0.25) is 0 Å². The third-order valence-electron chi connectivity index (χ3n) is 3.83. The first-order chi connectivity index (χ1) is 9.60. The van der Waals surface area contributed by atoms with E-state index in [1.165, 1.54) is 0 Å². The molecule has 1 heterocycles. The molecule has 1 aromatic carbocycles. The number of nitrogens with two attached hydrogens (primary N) is 1. The summed E-state index contributed by atoms with van der Waals surface area (Å²) >= 11 is 0. The maximum absolute atomic E-state index is 14.3. The van der Waals surface area contributed by atoms with Gasteiger partial charge in [-0.25, -0.2) is 4.39 Å². The van der Waals surface area contributed by atoms with Gasteiger partial charge >= 0.3 is 0 Å². The molecule has 4 heteroatoms. The van der Waals surface area contributed by atoms with Gasteiger partial charge in [0.05, 0.1) is 11.8 Å². The van der Waals surface area contributed by atoms with Crippen molar-refractivity contribution < 1.29 is 9.13 Å². The first-order valence-electron chi connectivity index (χ1n) is 7.50. The van der Waals surface area contributed by atoms with Crippen LogP contribution in [0.3, 0.4) is 0 Å². The molecule has 0 aliphatic carbocycles. The zero-order valence-electron chi connectivity index (χ0n) is 12.4. The molecule has 0 radical (unpaired) electrons. The first-order valence-corrected chi connectivity index (χ1v) is 7.50. The summed E-state index contributed by atoms with van der Waals surface area (Å²) in [5.74, 6) is -0.153. The number of hydrogen-bond donors (Lipinski definition) is 1. The summed E-state index contributed by atoms with van der Waals surface area (Å²) in [5.41, 5.74) is 7.57. The monoisotopic (exact) mass is 280 g/mol. The van der Waals surface area contributed by atoms with Gasteiger partial charge in [-0.1, -0.05) is 13.0 Å². The van der Waals surface area contributed by atoms with E-state index in [0.29, 0.717) is 5.69 Å². The first kappa shape index (κ1) is 15.3. The number of benzene rings is 1. The molecular formula is C16H25FN2O. The van der Waals surface area contributed by atoms with Crippen molar-refractivity contribution in [3.8, 4) is 0 Å². The highest BCUT2D eigenvalue weighted by Gasteiger charge is 2.18. The fourth-order valence-electron chi connectivity index (χ4n) is 2.59. The van der Waals surface area contributed by atoms with E-state index < -0.39 is 0 Å². The van der Waals surface area contributed by atoms with Gasteiger partial charge in [-0.2, -0.15) is 0 Å². The minimum Gasteiger partial charge on any atom is -0.377 e. The molecule has 1 aliphatic rings. The standard InChI is InChI=1S/C16H25FN2O/c1-3-14(18)9-13-5-6-16(15(17)10-13)19-7-4-8-20-12(2)11-19/h5-6,10,12,14H,3-4,7-9,11,18H2,1-2H3. The van der Waals surface area contributed by atoms with Crippen molar-refractivity contribution in [1.29, 1.82) is 0 Å².